The van der Waals surface area contributed by atoms with E-state index in [1.54, 1.807) is 7.11 Å². The van der Waals surface area contributed by atoms with E-state index in [4.69, 9.17) is 16.3 Å². The Bertz CT molecular complexity index is 350. The van der Waals surface area contributed by atoms with Gasteiger partial charge in [-0.25, -0.2) is 0 Å². The van der Waals surface area contributed by atoms with Crippen LogP contribution in [0.15, 0.2) is 24.3 Å². The summed E-state index contributed by atoms with van der Waals surface area (Å²) in [6, 6.07) is 8.06. The lowest BCUT2D eigenvalue weighted by atomic mass is 10.1. The molecule has 1 saturated heterocycles. The Morgan fingerprint density at radius 2 is 2.06 bits per heavy atom. The molecule has 2 rings (SSSR count). The van der Waals surface area contributed by atoms with Crippen molar-refractivity contribution in [2.24, 2.45) is 0 Å². The van der Waals surface area contributed by atoms with Crippen LogP contribution in [-0.4, -0.2) is 31.6 Å². The first-order valence-electron chi connectivity index (χ1n) is 6.30. The summed E-state index contributed by atoms with van der Waals surface area (Å²) in [6.07, 6.45) is 3.98. The molecular weight excluding hydrogens is 234 g/mol. The number of halogens is 1. The first-order valence-corrected chi connectivity index (χ1v) is 6.73. The van der Waals surface area contributed by atoms with Crippen LogP contribution in [0.3, 0.4) is 0 Å². The Balaban J connectivity index is 1.95. The zero-order chi connectivity index (χ0) is 12.1. The molecule has 3 heteroatoms. The number of hydrogen-bond donors (Lipinski definition) is 0. The predicted octanol–water partition coefficient (Wildman–Crippen LogP) is 3.46. The number of rotatable bonds is 4. The van der Waals surface area contributed by atoms with E-state index in [2.05, 4.69) is 11.0 Å². The van der Waals surface area contributed by atoms with Crippen LogP contribution in [0, 0.1) is 0 Å². The van der Waals surface area contributed by atoms with Gasteiger partial charge in [-0.2, -0.15) is 0 Å². The van der Waals surface area contributed by atoms with Gasteiger partial charge in [0.15, 0.2) is 0 Å². The maximum atomic E-state index is 6.47. The van der Waals surface area contributed by atoms with Crippen molar-refractivity contribution in [2.75, 3.05) is 26.7 Å². The summed E-state index contributed by atoms with van der Waals surface area (Å²) >= 11 is 6.47. The van der Waals surface area contributed by atoms with Crippen LogP contribution in [0.5, 0.6) is 5.75 Å². The Labute approximate surface area is 109 Å². The standard InChI is InChI=1S/C14H20ClNO/c1-17-13-7-5-6-12(10-13)14(15)11-16-8-3-2-4-9-16/h5-7,10,14H,2-4,8-9,11H2,1H3. The van der Waals surface area contributed by atoms with E-state index in [0.29, 0.717) is 0 Å². The van der Waals surface area contributed by atoms with Gasteiger partial charge in [-0.05, 0) is 43.6 Å². The number of piperidine rings is 1. The van der Waals surface area contributed by atoms with E-state index in [1.165, 1.54) is 32.4 Å². The van der Waals surface area contributed by atoms with Crippen molar-refractivity contribution in [3.63, 3.8) is 0 Å². The maximum Gasteiger partial charge on any atom is 0.119 e. The van der Waals surface area contributed by atoms with Crippen LogP contribution in [-0.2, 0) is 0 Å². The van der Waals surface area contributed by atoms with E-state index in [-0.39, 0.29) is 5.38 Å². The zero-order valence-corrected chi connectivity index (χ0v) is 11.1. The van der Waals surface area contributed by atoms with E-state index in [0.717, 1.165) is 17.9 Å². The Morgan fingerprint density at radius 3 is 2.76 bits per heavy atom. The third-order valence-corrected chi connectivity index (χ3v) is 3.71. The maximum absolute atomic E-state index is 6.47. The van der Waals surface area contributed by atoms with Crippen molar-refractivity contribution >= 4 is 11.6 Å². The Hall–Kier alpha value is -0.730. The molecule has 0 spiro atoms. The van der Waals surface area contributed by atoms with E-state index >= 15 is 0 Å². The number of likely N-dealkylation sites (tertiary alicyclic amines) is 1. The van der Waals surface area contributed by atoms with Gasteiger partial charge in [-0.1, -0.05) is 18.6 Å². The number of hydrogen-bond acceptors (Lipinski definition) is 2. The minimum atomic E-state index is 0.0585. The molecule has 1 aromatic carbocycles. The fraction of sp³-hybridized carbons (Fsp3) is 0.571. The fourth-order valence-electron chi connectivity index (χ4n) is 2.31. The number of methoxy groups -OCH3 is 1. The molecule has 1 unspecified atom stereocenters. The summed E-state index contributed by atoms with van der Waals surface area (Å²) in [5.74, 6) is 0.881. The third-order valence-electron chi connectivity index (χ3n) is 3.32. The van der Waals surface area contributed by atoms with Crippen LogP contribution in [0.1, 0.15) is 30.2 Å². The van der Waals surface area contributed by atoms with Gasteiger partial charge >= 0.3 is 0 Å². The molecule has 0 bridgehead atoms. The van der Waals surface area contributed by atoms with Gasteiger partial charge in [0.05, 0.1) is 12.5 Å². The summed E-state index contributed by atoms with van der Waals surface area (Å²) in [6.45, 7) is 3.31. The van der Waals surface area contributed by atoms with Crippen LogP contribution in [0.25, 0.3) is 0 Å². The lowest BCUT2D eigenvalue weighted by Crippen LogP contribution is -2.32. The molecule has 0 aliphatic carbocycles. The van der Waals surface area contributed by atoms with Gasteiger partial charge in [-0.3, -0.25) is 0 Å². The average molecular weight is 254 g/mol. The predicted molar refractivity (Wildman–Crippen MR) is 71.9 cm³/mol. The molecule has 1 aliphatic heterocycles. The van der Waals surface area contributed by atoms with E-state index in [9.17, 15) is 0 Å². The van der Waals surface area contributed by atoms with Gasteiger partial charge in [0.25, 0.3) is 0 Å². The molecule has 94 valence electrons. The van der Waals surface area contributed by atoms with Crippen LogP contribution < -0.4 is 4.74 Å². The number of alkyl halides is 1. The molecule has 17 heavy (non-hydrogen) atoms. The minimum Gasteiger partial charge on any atom is -0.497 e. The highest BCUT2D eigenvalue weighted by Gasteiger charge is 2.16. The lowest BCUT2D eigenvalue weighted by Gasteiger charge is -2.28. The molecule has 0 amide bonds. The second kappa shape index (κ2) is 6.27. The van der Waals surface area contributed by atoms with Gasteiger partial charge in [0.1, 0.15) is 5.75 Å². The van der Waals surface area contributed by atoms with Crippen LogP contribution >= 0.6 is 11.6 Å². The molecule has 0 aromatic heterocycles. The topological polar surface area (TPSA) is 12.5 Å². The molecule has 1 aliphatic rings. The monoisotopic (exact) mass is 253 g/mol. The number of ether oxygens (including phenoxy) is 1. The van der Waals surface area contributed by atoms with Crippen molar-refractivity contribution in [1.29, 1.82) is 0 Å². The summed E-state index contributed by atoms with van der Waals surface area (Å²) in [7, 11) is 1.69. The second-order valence-electron chi connectivity index (χ2n) is 4.61. The third kappa shape index (κ3) is 3.62. The summed E-state index contributed by atoms with van der Waals surface area (Å²) in [5.41, 5.74) is 1.15. The van der Waals surface area contributed by atoms with Gasteiger partial charge < -0.3 is 9.64 Å². The highest BCUT2D eigenvalue weighted by molar-refractivity contribution is 6.21. The van der Waals surface area contributed by atoms with Crippen molar-refractivity contribution in [3.05, 3.63) is 29.8 Å². The SMILES string of the molecule is COc1cccc(C(Cl)CN2CCCCC2)c1. The minimum absolute atomic E-state index is 0.0585. The van der Waals surface area contributed by atoms with E-state index < -0.39 is 0 Å². The summed E-state index contributed by atoms with van der Waals surface area (Å²) in [4.78, 5) is 2.46. The molecule has 1 fully saturated rings. The number of nitrogens with zero attached hydrogens (tertiary/aromatic N) is 1. The Morgan fingerprint density at radius 1 is 1.29 bits per heavy atom. The van der Waals surface area contributed by atoms with Crippen molar-refractivity contribution < 1.29 is 4.74 Å². The first kappa shape index (κ1) is 12.7. The highest BCUT2D eigenvalue weighted by Crippen LogP contribution is 2.26. The van der Waals surface area contributed by atoms with Crippen molar-refractivity contribution in [2.45, 2.75) is 24.6 Å². The molecule has 2 nitrogen and oxygen atoms in total. The number of benzene rings is 1. The fourth-order valence-corrected chi connectivity index (χ4v) is 2.64. The second-order valence-corrected chi connectivity index (χ2v) is 5.13. The lowest BCUT2D eigenvalue weighted by molar-refractivity contribution is 0.229. The quantitative estimate of drug-likeness (QED) is 0.762. The normalized spacial score (nSPS) is 18.9. The largest absolute Gasteiger partial charge is 0.497 e. The summed E-state index contributed by atoms with van der Waals surface area (Å²) < 4.78 is 5.22. The van der Waals surface area contributed by atoms with Crippen LogP contribution in [0.4, 0.5) is 0 Å². The molecule has 0 radical (unpaired) electrons. The zero-order valence-electron chi connectivity index (χ0n) is 10.4. The Kier molecular flexibility index (Phi) is 4.69. The van der Waals surface area contributed by atoms with E-state index in [1.807, 2.05) is 18.2 Å². The molecule has 1 heterocycles. The van der Waals surface area contributed by atoms with Crippen LogP contribution in [0.2, 0.25) is 0 Å². The summed E-state index contributed by atoms with van der Waals surface area (Å²) in [5, 5.41) is 0.0585. The molecule has 1 aromatic rings. The molecular formula is C14H20ClNO. The van der Waals surface area contributed by atoms with Crippen molar-refractivity contribution in [1.82, 2.24) is 4.90 Å². The first-order chi connectivity index (χ1) is 8.29. The molecule has 0 N–H and O–H groups in total. The molecule has 0 saturated carbocycles. The smallest absolute Gasteiger partial charge is 0.119 e. The van der Waals surface area contributed by atoms with Gasteiger partial charge in [-0.15, -0.1) is 11.6 Å². The van der Waals surface area contributed by atoms with Gasteiger partial charge in [0, 0.05) is 6.54 Å². The van der Waals surface area contributed by atoms with Crippen molar-refractivity contribution in [3.8, 4) is 5.75 Å². The molecule has 1 atom stereocenters. The average Bonchev–Trinajstić information content (AvgIpc) is 2.40. The highest BCUT2D eigenvalue weighted by atomic mass is 35.5. The van der Waals surface area contributed by atoms with Gasteiger partial charge in [0.2, 0.25) is 0 Å².